The molecule has 0 saturated carbocycles. The van der Waals surface area contributed by atoms with Crippen molar-refractivity contribution in [2.24, 2.45) is 23.7 Å². The van der Waals surface area contributed by atoms with Crippen molar-refractivity contribution in [3.8, 4) is 0 Å². The number of fused-ring (bicyclic) bond motifs is 1. The van der Waals surface area contributed by atoms with Gasteiger partial charge in [0, 0.05) is 12.3 Å². The summed E-state index contributed by atoms with van der Waals surface area (Å²) in [5.74, 6) is 0.145. The maximum Gasteiger partial charge on any atom is 1.00 e. The van der Waals surface area contributed by atoms with E-state index < -0.39 is 18.3 Å². The normalized spacial score (nSPS) is 32.4. The number of esters is 1. The molecule has 2 aliphatic rings. The van der Waals surface area contributed by atoms with Crippen molar-refractivity contribution in [2.45, 2.75) is 77.3 Å². The largest absolute Gasteiger partial charge is 1.00 e. The van der Waals surface area contributed by atoms with Crippen molar-refractivity contribution in [2.75, 3.05) is 0 Å². The van der Waals surface area contributed by atoms with Gasteiger partial charge in [0.05, 0.1) is 18.1 Å². The first-order valence-electron chi connectivity index (χ1n) is 10.2. The van der Waals surface area contributed by atoms with Crippen molar-refractivity contribution in [3.63, 3.8) is 0 Å². The minimum Gasteiger partial charge on any atom is -0.461 e. The van der Waals surface area contributed by atoms with Crippen molar-refractivity contribution < 1.29 is 54.4 Å². The zero-order chi connectivity index (χ0) is 20.1. The van der Waals surface area contributed by atoms with Gasteiger partial charge in [0.15, 0.2) is 0 Å². The average Bonchev–Trinajstić information content (AvgIpc) is 2.59. The van der Waals surface area contributed by atoms with Gasteiger partial charge in [0.1, 0.15) is 6.10 Å². The Morgan fingerprint density at radius 1 is 1.39 bits per heavy atom. The monoisotopic (exact) mass is 402 g/mol. The van der Waals surface area contributed by atoms with E-state index in [1.165, 1.54) is 0 Å². The number of aliphatic hydroxyl groups is 3. The molecule has 2 aliphatic carbocycles. The average molecular weight is 403 g/mol. The van der Waals surface area contributed by atoms with Gasteiger partial charge in [-0.3, -0.25) is 4.79 Å². The van der Waals surface area contributed by atoms with Gasteiger partial charge in [-0.2, -0.15) is 0 Å². The third kappa shape index (κ3) is 6.96. The molecule has 0 aromatic carbocycles. The molecule has 8 atom stereocenters. The fourth-order valence-electron chi connectivity index (χ4n) is 4.24. The van der Waals surface area contributed by atoms with E-state index in [2.05, 4.69) is 19.9 Å². The van der Waals surface area contributed by atoms with Gasteiger partial charge in [-0.15, -0.1) is 0 Å². The van der Waals surface area contributed by atoms with Gasteiger partial charge in [0.25, 0.3) is 0 Å². The Hall–Kier alpha value is -0.170. The van der Waals surface area contributed by atoms with Crippen LogP contribution in [0.15, 0.2) is 23.8 Å². The van der Waals surface area contributed by atoms with Crippen LogP contribution in [0.1, 0.15) is 52.9 Å². The summed E-state index contributed by atoms with van der Waals surface area (Å²) in [7, 11) is 0. The van der Waals surface area contributed by atoms with E-state index in [4.69, 9.17) is 4.74 Å². The van der Waals surface area contributed by atoms with Crippen LogP contribution < -0.4 is 29.6 Å². The van der Waals surface area contributed by atoms with E-state index in [1.54, 1.807) is 0 Å². The Morgan fingerprint density at radius 3 is 2.68 bits per heavy atom. The summed E-state index contributed by atoms with van der Waals surface area (Å²) in [6.45, 7) is 9.48. The second kappa shape index (κ2) is 11.9. The van der Waals surface area contributed by atoms with Crippen molar-refractivity contribution in [1.82, 2.24) is 0 Å². The van der Waals surface area contributed by atoms with Gasteiger partial charge >= 0.3 is 35.5 Å². The molecular weight excluding hydrogens is 367 g/mol. The minimum absolute atomic E-state index is 0. The zero-order valence-electron chi connectivity index (χ0n) is 17.8. The Bertz CT molecular complexity index is 559. The number of rotatable bonds is 8. The van der Waals surface area contributed by atoms with Crippen molar-refractivity contribution in [3.05, 3.63) is 30.7 Å². The molecule has 0 bridgehead atoms. The Labute approximate surface area is 191 Å². The van der Waals surface area contributed by atoms with Crippen molar-refractivity contribution >= 4 is 5.97 Å². The van der Waals surface area contributed by atoms with Crippen LogP contribution in [0.4, 0.5) is 0 Å². The quantitative estimate of drug-likeness (QED) is 0.298. The molecule has 0 aliphatic heterocycles. The van der Waals surface area contributed by atoms with E-state index in [1.807, 2.05) is 26.0 Å². The Morgan fingerprint density at radius 2 is 2.07 bits per heavy atom. The zero-order valence-corrected chi connectivity index (χ0v) is 19.8. The van der Waals surface area contributed by atoms with Crippen LogP contribution in [0.5, 0.6) is 0 Å². The van der Waals surface area contributed by atoms with Crippen LogP contribution in [-0.4, -0.2) is 45.7 Å². The van der Waals surface area contributed by atoms with E-state index >= 15 is 0 Å². The topological polar surface area (TPSA) is 87.0 Å². The number of aliphatic hydroxyl groups excluding tert-OH is 3. The third-order valence-corrected chi connectivity index (χ3v) is 6.03. The van der Waals surface area contributed by atoms with Crippen LogP contribution in [0.3, 0.4) is 0 Å². The molecule has 28 heavy (non-hydrogen) atoms. The number of ether oxygens (including phenoxy) is 1. The van der Waals surface area contributed by atoms with E-state index in [0.717, 1.165) is 18.4 Å². The maximum absolute atomic E-state index is 12.4. The van der Waals surface area contributed by atoms with Crippen LogP contribution in [0, 0.1) is 30.6 Å². The fourth-order valence-corrected chi connectivity index (χ4v) is 4.24. The van der Waals surface area contributed by atoms with E-state index in [9.17, 15) is 20.1 Å². The summed E-state index contributed by atoms with van der Waals surface area (Å²) in [5, 5.41) is 29.7. The summed E-state index contributed by atoms with van der Waals surface area (Å²) in [6.07, 6.45) is 6.41. The number of hydrogen-bond donors (Lipinski definition) is 3. The SMILES string of the molecule is [CH2-][C@H](O)C[C@H](O)CC[C@@H]1[C@@H]2C(=C[C@@H](O)CC2OC(=O)[C@@H](C)CC)C=C[C@@H]1C.[Na+]. The van der Waals surface area contributed by atoms with Crippen LogP contribution in [-0.2, 0) is 9.53 Å². The van der Waals surface area contributed by atoms with Crippen molar-refractivity contribution in [1.29, 1.82) is 0 Å². The van der Waals surface area contributed by atoms with E-state index in [-0.39, 0.29) is 71.7 Å². The predicted octanol–water partition coefficient (Wildman–Crippen LogP) is -0.196. The second-order valence-electron chi connectivity index (χ2n) is 8.28. The molecule has 0 spiro atoms. The van der Waals surface area contributed by atoms with Crippen LogP contribution >= 0.6 is 0 Å². The van der Waals surface area contributed by atoms with E-state index in [0.29, 0.717) is 12.8 Å². The van der Waals surface area contributed by atoms with Crippen LogP contribution in [0.2, 0.25) is 0 Å². The summed E-state index contributed by atoms with van der Waals surface area (Å²) in [5.41, 5.74) is 1.02. The maximum atomic E-state index is 12.4. The molecule has 0 radical (unpaired) electrons. The second-order valence-corrected chi connectivity index (χ2v) is 8.28. The molecule has 2 rings (SSSR count). The summed E-state index contributed by atoms with van der Waals surface area (Å²) in [4.78, 5) is 12.4. The predicted molar refractivity (Wildman–Crippen MR) is 105 cm³/mol. The Balaban J connectivity index is 0.00000392. The first-order valence-corrected chi connectivity index (χ1v) is 10.2. The first-order chi connectivity index (χ1) is 12.7. The number of carbonyl (C=O) groups is 1. The molecule has 1 unspecified atom stereocenters. The summed E-state index contributed by atoms with van der Waals surface area (Å²) < 4.78 is 5.85. The number of hydrogen-bond acceptors (Lipinski definition) is 5. The smallest absolute Gasteiger partial charge is 0.461 e. The summed E-state index contributed by atoms with van der Waals surface area (Å²) >= 11 is 0. The Kier molecular flexibility index (Phi) is 11.0. The van der Waals surface area contributed by atoms with Gasteiger partial charge in [0.2, 0.25) is 0 Å². The fraction of sp³-hybridized carbons (Fsp3) is 0.727. The molecule has 0 heterocycles. The number of carbonyl (C=O) groups excluding carboxylic acids is 1. The molecule has 0 aromatic rings. The first kappa shape index (κ1) is 25.9. The third-order valence-electron chi connectivity index (χ3n) is 6.03. The standard InChI is InChI=1S/C22H35O5.Na/c1-5-13(2)22(26)27-20-12-18(25)11-16-7-6-14(3)19(21(16)20)9-8-17(24)10-15(4)23;/h6-7,11,13-15,17-21,23-25H,4-5,8-10,12H2,1-3H3;/q-1;+1/t13-,14-,15-,17+,18+,19-,20?,21-;/m0./s1. The van der Waals surface area contributed by atoms with Gasteiger partial charge in [-0.05, 0) is 43.1 Å². The number of allylic oxidation sites excluding steroid dienone is 2. The van der Waals surface area contributed by atoms with Crippen LogP contribution in [0.25, 0.3) is 0 Å². The molecule has 3 N–H and O–H groups in total. The molecule has 5 nitrogen and oxygen atoms in total. The van der Waals surface area contributed by atoms with Gasteiger partial charge < -0.3 is 27.0 Å². The molecule has 6 heteroatoms. The van der Waals surface area contributed by atoms with Gasteiger partial charge in [-0.1, -0.05) is 45.1 Å². The molecule has 0 aromatic heterocycles. The molecule has 0 fully saturated rings. The minimum atomic E-state index is -0.770. The molecule has 0 amide bonds. The molecule has 0 saturated heterocycles. The molecular formula is C22H35NaO5. The van der Waals surface area contributed by atoms with Gasteiger partial charge in [-0.25, -0.2) is 0 Å². The summed E-state index contributed by atoms with van der Waals surface area (Å²) in [6, 6.07) is 0. The molecule has 154 valence electrons.